The second-order valence-corrected chi connectivity index (χ2v) is 9.86. The van der Waals surface area contributed by atoms with Crippen LogP contribution < -0.4 is 5.32 Å². The Bertz CT molecular complexity index is 1170. The topological polar surface area (TPSA) is 82.3 Å². The van der Waals surface area contributed by atoms with Crippen LogP contribution in [0.25, 0.3) is 10.9 Å². The number of carbonyl (C=O) groups is 1. The summed E-state index contributed by atoms with van der Waals surface area (Å²) in [5.41, 5.74) is 2.42. The predicted octanol–water partition coefficient (Wildman–Crippen LogP) is 4.57. The molecule has 1 amide bonds. The highest BCUT2D eigenvalue weighted by molar-refractivity contribution is 7.89. The summed E-state index contributed by atoms with van der Waals surface area (Å²) < 4.78 is 27.3. The minimum absolute atomic E-state index is 0.153. The van der Waals surface area contributed by atoms with Gasteiger partial charge >= 0.3 is 0 Å². The number of halogens is 1. The molecule has 0 atom stereocenters. The number of aromatic nitrogens is 1. The van der Waals surface area contributed by atoms with E-state index >= 15 is 0 Å². The summed E-state index contributed by atoms with van der Waals surface area (Å²) in [5, 5.41) is 4.18. The fourth-order valence-electron chi connectivity index (χ4n) is 3.81. The lowest BCUT2D eigenvalue weighted by Gasteiger charge is -2.26. The van der Waals surface area contributed by atoms with Crippen molar-refractivity contribution in [3.63, 3.8) is 0 Å². The fraction of sp³-hybridized carbons (Fsp3) is 0.318. The van der Waals surface area contributed by atoms with Gasteiger partial charge in [0.25, 0.3) is 0 Å². The molecule has 0 aliphatic carbocycles. The molecule has 1 aromatic heterocycles. The molecule has 2 N–H and O–H groups in total. The van der Waals surface area contributed by atoms with Crippen molar-refractivity contribution < 1.29 is 13.2 Å². The first kappa shape index (κ1) is 20.9. The van der Waals surface area contributed by atoms with Gasteiger partial charge in [-0.2, -0.15) is 4.31 Å². The van der Waals surface area contributed by atoms with Gasteiger partial charge in [-0.15, -0.1) is 0 Å². The zero-order valence-electron chi connectivity index (χ0n) is 16.5. The van der Waals surface area contributed by atoms with Gasteiger partial charge in [-0.25, -0.2) is 8.42 Å². The summed E-state index contributed by atoms with van der Waals surface area (Å²) in [5.74, 6) is -0.213. The zero-order valence-corrected chi connectivity index (χ0v) is 18.1. The van der Waals surface area contributed by atoms with Gasteiger partial charge in [0.2, 0.25) is 15.9 Å². The van der Waals surface area contributed by atoms with Crippen molar-refractivity contribution in [2.24, 2.45) is 0 Å². The highest BCUT2D eigenvalue weighted by Gasteiger charge is 2.26. The third-order valence-electron chi connectivity index (χ3n) is 5.46. The number of piperidine rings is 1. The van der Waals surface area contributed by atoms with Crippen molar-refractivity contribution in [2.45, 2.75) is 37.0 Å². The minimum atomic E-state index is -3.59. The molecule has 0 radical (unpaired) electrons. The van der Waals surface area contributed by atoms with Crippen LogP contribution in [0.3, 0.4) is 0 Å². The van der Waals surface area contributed by atoms with E-state index < -0.39 is 10.0 Å². The van der Waals surface area contributed by atoms with E-state index in [0.717, 1.165) is 35.7 Å². The van der Waals surface area contributed by atoms with Crippen LogP contribution >= 0.6 is 11.6 Å². The summed E-state index contributed by atoms with van der Waals surface area (Å²) >= 11 is 6.23. The molecule has 30 heavy (non-hydrogen) atoms. The Morgan fingerprint density at radius 3 is 2.67 bits per heavy atom. The monoisotopic (exact) mass is 445 g/mol. The Morgan fingerprint density at radius 1 is 1.10 bits per heavy atom. The number of aromatic amines is 1. The lowest BCUT2D eigenvalue weighted by atomic mass is 10.1. The van der Waals surface area contributed by atoms with E-state index in [9.17, 15) is 13.2 Å². The molecule has 1 aliphatic rings. The smallest absolute Gasteiger partial charge is 0.243 e. The molecule has 158 valence electrons. The number of nitrogens with one attached hydrogen (secondary N) is 2. The number of aryl methyl sites for hydroxylation is 1. The summed E-state index contributed by atoms with van der Waals surface area (Å²) in [6.07, 6.45) is 5.52. The zero-order chi connectivity index (χ0) is 21.1. The summed E-state index contributed by atoms with van der Waals surface area (Å²) in [6.45, 7) is 1.05. The first-order chi connectivity index (χ1) is 14.4. The third kappa shape index (κ3) is 4.38. The highest BCUT2D eigenvalue weighted by Crippen LogP contribution is 2.28. The molecule has 4 rings (SSSR count). The Hall–Kier alpha value is -2.35. The van der Waals surface area contributed by atoms with E-state index in [0.29, 0.717) is 30.2 Å². The van der Waals surface area contributed by atoms with Gasteiger partial charge in [0.1, 0.15) is 0 Å². The number of carbonyl (C=O) groups excluding carboxylic acids is 1. The Kier molecular flexibility index (Phi) is 6.13. The molecule has 2 heterocycles. The molecule has 1 aliphatic heterocycles. The molecule has 6 nitrogen and oxygen atoms in total. The normalized spacial score (nSPS) is 15.4. The van der Waals surface area contributed by atoms with E-state index in [2.05, 4.69) is 10.3 Å². The number of hydrogen-bond acceptors (Lipinski definition) is 3. The average Bonchev–Trinajstić information content (AvgIpc) is 3.17. The first-order valence-corrected chi connectivity index (χ1v) is 11.9. The predicted molar refractivity (Wildman–Crippen MR) is 119 cm³/mol. The molecule has 0 spiro atoms. The largest absolute Gasteiger partial charge is 0.361 e. The van der Waals surface area contributed by atoms with Crippen molar-refractivity contribution in [3.05, 3.63) is 59.2 Å². The maximum Gasteiger partial charge on any atom is 0.243 e. The van der Waals surface area contributed by atoms with E-state index in [1.165, 1.54) is 22.5 Å². The lowest BCUT2D eigenvalue weighted by Crippen LogP contribution is -2.35. The van der Waals surface area contributed by atoms with Crippen molar-refractivity contribution in [3.8, 4) is 0 Å². The van der Waals surface area contributed by atoms with Crippen LogP contribution in [0, 0.1) is 0 Å². The molecule has 1 fully saturated rings. The number of nitrogens with zero attached hydrogens (tertiary/aromatic N) is 1. The summed E-state index contributed by atoms with van der Waals surface area (Å²) in [4.78, 5) is 15.9. The first-order valence-electron chi connectivity index (χ1n) is 10.1. The Labute approximate surface area is 181 Å². The number of anilines is 1. The summed E-state index contributed by atoms with van der Waals surface area (Å²) in [6, 6.07) is 12.4. The maximum absolute atomic E-state index is 12.9. The molecule has 0 bridgehead atoms. The number of rotatable bonds is 6. The number of H-pyrrole nitrogens is 1. The second-order valence-electron chi connectivity index (χ2n) is 7.51. The average molecular weight is 446 g/mol. The van der Waals surface area contributed by atoms with Crippen LogP contribution in [0.2, 0.25) is 5.02 Å². The molecule has 1 saturated heterocycles. The number of hydrogen-bond donors (Lipinski definition) is 2. The highest BCUT2D eigenvalue weighted by atomic mass is 35.5. The standard InChI is InChI=1S/C22H24ClN3O3S/c23-19-10-9-17(30(28,29)26-12-4-1-5-13-26)14-21(19)25-22(27)11-8-16-15-24-20-7-3-2-6-18(16)20/h2-3,6-7,9-10,14-15,24H,1,4-5,8,11-13H2,(H,25,27). The minimum Gasteiger partial charge on any atom is -0.361 e. The fourth-order valence-corrected chi connectivity index (χ4v) is 5.52. The van der Waals surface area contributed by atoms with Crippen molar-refractivity contribution in [2.75, 3.05) is 18.4 Å². The van der Waals surface area contributed by atoms with Crippen molar-refractivity contribution in [1.29, 1.82) is 0 Å². The van der Waals surface area contributed by atoms with Gasteiger partial charge < -0.3 is 10.3 Å². The molecule has 3 aromatic rings. The van der Waals surface area contributed by atoms with Gasteiger partial charge in [0.05, 0.1) is 15.6 Å². The van der Waals surface area contributed by atoms with Crippen LogP contribution in [0.5, 0.6) is 0 Å². The Balaban J connectivity index is 1.46. The van der Waals surface area contributed by atoms with Crippen molar-refractivity contribution >= 4 is 44.1 Å². The molecular weight excluding hydrogens is 422 g/mol. The number of benzene rings is 2. The quantitative estimate of drug-likeness (QED) is 0.583. The van der Waals surface area contributed by atoms with Crippen LogP contribution in [0.15, 0.2) is 53.6 Å². The number of fused-ring (bicyclic) bond motifs is 1. The van der Waals surface area contributed by atoms with E-state index in [1.54, 1.807) is 0 Å². The molecule has 0 unspecified atom stereocenters. The van der Waals surface area contributed by atoms with Gasteiger partial charge in [0, 0.05) is 36.6 Å². The SMILES string of the molecule is O=C(CCc1c[nH]c2ccccc12)Nc1cc(S(=O)(=O)N2CCCCC2)ccc1Cl. The number of para-hydroxylation sites is 1. The van der Waals surface area contributed by atoms with E-state index in [-0.39, 0.29) is 17.2 Å². The van der Waals surface area contributed by atoms with Gasteiger partial charge in [-0.3, -0.25) is 4.79 Å². The van der Waals surface area contributed by atoms with Gasteiger partial charge in [0.15, 0.2) is 0 Å². The molecule has 0 saturated carbocycles. The molecule has 8 heteroatoms. The lowest BCUT2D eigenvalue weighted by molar-refractivity contribution is -0.116. The molecule has 2 aromatic carbocycles. The third-order valence-corrected chi connectivity index (χ3v) is 7.69. The van der Waals surface area contributed by atoms with E-state index in [4.69, 9.17) is 11.6 Å². The number of sulfonamides is 1. The number of amides is 1. The van der Waals surface area contributed by atoms with Crippen LogP contribution in [-0.4, -0.2) is 36.7 Å². The van der Waals surface area contributed by atoms with E-state index in [1.807, 2.05) is 30.5 Å². The molecular formula is C22H24ClN3O3S. The van der Waals surface area contributed by atoms with Crippen LogP contribution in [0.4, 0.5) is 5.69 Å². The second kappa shape index (κ2) is 8.79. The van der Waals surface area contributed by atoms with Crippen LogP contribution in [0.1, 0.15) is 31.2 Å². The summed E-state index contributed by atoms with van der Waals surface area (Å²) in [7, 11) is -3.59. The van der Waals surface area contributed by atoms with Gasteiger partial charge in [-0.1, -0.05) is 36.2 Å². The Morgan fingerprint density at radius 2 is 1.87 bits per heavy atom. The van der Waals surface area contributed by atoms with Gasteiger partial charge in [-0.05, 0) is 49.1 Å². The maximum atomic E-state index is 12.9. The van der Waals surface area contributed by atoms with Crippen molar-refractivity contribution in [1.82, 2.24) is 9.29 Å². The van der Waals surface area contributed by atoms with Crippen LogP contribution in [-0.2, 0) is 21.2 Å².